The van der Waals surface area contributed by atoms with Crippen LogP contribution >= 0.6 is 22.9 Å². The second-order valence-corrected chi connectivity index (χ2v) is 8.07. The average Bonchev–Trinajstić information content (AvgIpc) is 3.27. The lowest BCUT2D eigenvalue weighted by molar-refractivity contribution is -0.138. The van der Waals surface area contributed by atoms with Crippen LogP contribution in [0.2, 0.25) is 5.02 Å². The fraction of sp³-hybridized carbons (Fsp3) is 0.300. The van der Waals surface area contributed by atoms with Crippen LogP contribution < -0.4 is 5.73 Å². The predicted octanol–water partition coefficient (Wildman–Crippen LogP) is 5.21. The number of hydrogen-bond donors (Lipinski definition) is 1. The molecule has 0 aliphatic rings. The van der Waals surface area contributed by atoms with E-state index in [1.807, 2.05) is 5.38 Å². The molecule has 154 valence electrons. The molecule has 9 heteroatoms. The van der Waals surface area contributed by atoms with E-state index in [0.29, 0.717) is 15.6 Å². The first-order valence-electron chi connectivity index (χ1n) is 8.85. The normalized spacial score (nSPS) is 12.9. The molecule has 3 rings (SSSR count). The summed E-state index contributed by atoms with van der Waals surface area (Å²) in [5.41, 5.74) is 6.71. The number of rotatable bonds is 7. The van der Waals surface area contributed by atoms with E-state index in [9.17, 15) is 18.0 Å². The van der Waals surface area contributed by atoms with E-state index in [0.717, 1.165) is 11.6 Å². The summed E-state index contributed by atoms with van der Waals surface area (Å²) in [6, 6.07) is 7.12. The number of halogens is 4. The second kappa shape index (κ2) is 8.69. The highest BCUT2D eigenvalue weighted by Gasteiger charge is 2.33. The number of Topliss-reactive ketones (excluding diaryl/α,β-unsaturated/α-hetero) is 1. The van der Waals surface area contributed by atoms with Gasteiger partial charge in [-0.2, -0.15) is 18.3 Å². The second-order valence-electron chi connectivity index (χ2n) is 6.75. The number of aromatic nitrogens is 2. The lowest BCUT2D eigenvalue weighted by Crippen LogP contribution is -2.22. The van der Waals surface area contributed by atoms with Gasteiger partial charge in [-0.3, -0.25) is 9.48 Å². The van der Waals surface area contributed by atoms with E-state index in [1.165, 1.54) is 29.7 Å². The number of nitrogens with zero attached hydrogens (tertiary/aromatic N) is 2. The van der Waals surface area contributed by atoms with E-state index in [-0.39, 0.29) is 30.7 Å². The zero-order valence-corrected chi connectivity index (χ0v) is 17.1. The molecule has 2 heterocycles. The van der Waals surface area contributed by atoms with Gasteiger partial charge < -0.3 is 5.73 Å². The molecule has 0 spiro atoms. The molecular weight excluding hydrogens is 423 g/mol. The summed E-state index contributed by atoms with van der Waals surface area (Å²) in [4.78, 5) is 13.2. The third-order valence-electron chi connectivity index (χ3n) is 4.68. The maximum absolute atomic E-state index is 13.2. The van der Waals surface area contributed by atoms with Crippen molar-refractivity contribution >= 4 is 28.7 Å². The minimum Gasteiger partial charge on any atom is -0.330 e. The maximum Gasteiger partial charge on any atom is 0.416 e. The van der Waals surface area contributed by atoms with E-state index >= 15 is 0 Å². The van der Waals surface area contributed by atoms with Crippen molar-refractivity contribution in [3.8, 4) is 11.3 Å². The molecule has 0 bridgehead atoms. The quantitative estimate of drug-likeness (QED) is 0.512. The van der Waals surface area contributed by atoms with Crippen LogP contribution in [0.1, 0.15) is 27.2 Å². The number of carbonyl (C=O) groups excluding carboxylic acids is 1. The third kappa shape index (κ3) is 4.88. The number of carbonyl (C=O) groups is 1. The third-order valence-corrected chi connectivity index (χ3v) is 5.93. The van der Waals surface area contributed by atoms with Crippen molar-refractivity contribution in [1.82, 2.24) is 9.78 Å². The number of thiophene rings is 1. The van der Waals surface area contributed by atoms with Gasteiger partial charge in [0, 0.05) is 24.4 Å². The van der Waals surface area contributed by atoms with Gasteiger partial charge in [0.2, 0.25) is 0 Å². The number of nitrogens with two attached hydrogens (primary N) is 1. The fourth-order valence-corrected chi connectivity index (χ4v) is 4.35. The molecule has 2 N–H and O–H groups in total. The van der Waals surface area contributed by atoms with Crippen LogP contribution in [0, 0.1) is 5.92 Å². The first-order valence-corrected chi connectivity index (χ1v) is 10.1. The number of hydrogen-bond acceptors (Lipinski definition) is 4. The molecule has 1 atom stereocenters. The Hall–Kier alpha value is -2.16. The standard InChI is InChI=1S/C20H19ClF3N3OS/c1-27-19(16(21)10-26-27)14-8-18(29-11-14)17(28)7-12(9-25)6-13-4-2-3-5-15(13)20(22,23)24/h2-5,8,10-12H,6-7,9,25H2,1H3/t12-/m1/s1. The topological polar surface area (TPSA) is 60.9 Å². The largest absolute Gasteiger partial charge is 0.416 e. The smallest absolute Gasteiger partial charge is 0.330 e. The number of benzene rings is 1. The Bertz CT molecular complexity index is 993. The molecule has 3 aromatic rings. The molecule has 0 unspecified atom stereocenters. The Morgan fingerprint density at radius 3 is 2.69 bits per heavy atom. The van der Waals surface area contributed by atoms with Crippen LogP contribution in [-0.4, -0.2) is 22.1 Å². The Kier molecular flexibility index (Phi) is 6.45. The summed E-state index contributed by atoms with van der Waals surface area (Å²) in [6.07, 6.45) is -2.76. The van der Waals surface area contributed by atoms with Crippen molar-refractivity contribution < 1.29 is 18.0 Å². The Balaban J connectivity index is 1.75. The lowest BCUT2D eigenvalue weighted by atomic mass is 9.91. The summed E-state index contributed by atoms with van der Waals surface area (Å²) in [5.74, 6) is -0.545. The van der Waals surface area contributed by atoms with Crippen LogP contribution in [0.25, 0.3) is 11.3 Å². The molecule has 4 nitrogen and oxygen atoms in total. The van der Waals surface area contributed by atoms with Crippen LogP contribution in [0.3, 0.4) is 0 Å². The molecule has 0 fully saturated rings. The van der Waals surface area contributed by atoms with Crippen molar-refractivity contribution in [2.45, 2.75) is 19.0 Å². The zero-order valence-electron chi connectivity index (χ0n) is 15.5. The van der Waals surface area contributed by atoms with Crippen LogP contribution in [0.4, 0.5) is 13.2 Å². The first kappa shape index (κ1) is 21.5. The summed E-state index contributed by atoms with van der Waals surface area (Å²) in [5, 5.41) is 6.37. The van der Waals surface area contributed by atoms with Gasteiger partial charge in [0.1, 0.15) is 0 Å². The van der Waals surface area contributed by atoms with E-state index in [1.54, 1.807) is 23.9 Å². The van der Waals surface area contributed by atoms with Crippen LogP contribution in [0.5, 0.6) is 0 Å². The Labute approximate surface area is 175 Å². The summed E-state index contributed by atoms with van der Waals surface area (Å²) in [6.45, 7) is 0.115. The van der Waals surface area contributed by atoms with Gasteiger partial charge in [0.15, 0.2) is 5.78 Å². The summed E-state index contributed by atoms with van der Waals surface area (Å²) >= 11 is 7.41. The molecule has 1 aromatic carbocycles. The van der Waals surface area contributed by atoms with E-state index < -0.39 is 17.7 Å². The molecule has 0 aliphatic heterocycles. The van der Waals surface area contributed by atoms with E-state index in [4.69, 9.17) is 17.3 Å². The van der Waals surface area contributed by atoms with Crippen LogP contribution in [0.15, 0.2) is 41.9 Å². The maximum atomic E-state index is 13.2. The average molecular weight is 442 g/mol. The molecule has 2 aromatic heterocycles. The van der Waals surface area contributed by atoms with Crippen molar-refractivity contribution in [3.63, 3.8) is 0 Å². The SMILES string of the molecule is Cn1ncc(Cl)c1-c1csc(C(=O)C[C@H](CN)Cc2ccccc2C(F)(F)F)c1. The highest BCUT2D eigenvalue weighted by molar-refractivity contribution is 7.12. The van der Waals surface area contributed by atoms with Gasteiger partial charge in [-0.1, -0.05) is 29.8 Å². The monoisotopic (exact) mass is 441 g/mol. The summed E-state index contributed by atoms with van der Waals surface area (Å²) in [7, 11) is 1.75. The van der Waals surface area contributed by atoms with Crippen molar-refractivity contribution in [2.75, 3.05) is 6.54 Å². The van der Waals surface area contributed by atoms with Gasteiger partial charge in [-0.25, -0.2) is 0 Å². The minimum atomic E-state index is -4.44. The molecule has 0 aliphatic carbocycles. The molecule has 29 heavy (non-hydrogen) atoms. The van der Waals surface area contributed by atoms with Gasteiger partial charge in [0.05, 0.1) is 27.4 Å². The molecule has 0 radical (unpaired) electrons. The lowest BCUT2D eigenvalue weighted by Gasteiger charge is -2.17. The highest BCUT2D eigenvalue weighted by atomic mass is 35.5. The molecule has 0 saturated heterocycles. The Morgan fingerprint density at radius 1 is 1.34 bits per heavy atom. The fourth-order valence-electron chi connectivity index (χ4n) is 3.23. The van der Waals surface area contributed by atoms with E-state index in [2.05, 4.69) is 5.10 Å². The van der Waals surface area contributed by atoms with Gasteiger partial charge in [-0.15, -0.1) is 11.3 Å². The Morgan fingerprint density at radius 2 is 2.07 bits per heavy atom. The van der Waals surface area contributed by atoms with Gasteiger partial charge in [0.25, 0.3) is 0 Å². The van der Waals surface area contributed by atoms with Gasteiger partial charge in [-0.05, 0) is 36.6 Å². The zero-order chi connectivity index (χ0) is 21.2. The number of aryl methyl sites for hydroxylation is 1. The number of alkyl halides is 3. The summed E-state index contributed by atoms with van der Waals surface area (Å²) < 4.78 is 41.3. The molecular formula is C20H19ClF3N3OS. The highest BCUT2D eigenvalue weighted by Crippen LogP contribution is 2.34. The molecule has 0 amide bonds. The molecule has 0 saturated carbocycles. The minimum absolute atomic E-state index is 0.0712. The van der Waals surface area contributed by atoms with Gasteiger partial charge >= 0.3 is 6.18 Å². The predicted molar refractivity (Wildman–Crippen MR) is 108 cm³/mol. The van der Waals surface area contributed by atoms with Crippen molar-refractivity contribution in [1.29, 1.82) is 0 Å². The van der Waals surface area contributed by atoms with Crippen LogP contribution in [-0.2, 0) is 19.6 Å². The van der Waals surface area contributed by atoms with Crippen molar-refractivity contribution in [2.24, 2.45) is 18.7 Å². The van der Waals surface area contributed by atoms with Crippen molar-refractivity contribution in [3.05, 3.63) is 62.9 Å². The first-order chi connectivity index (χ1) is 13.7. The number of ketones is 1.